The lowest BCUT2D eigenvalue weighted by atomic mass is 9.98. The number of nitriles is 2. The average molecular weight is 1820 g/mol. The van der Waals surface area contributed by atoms with E-state index in [1.807, 2.05) is 212 Å². The lowest BCUT2D eigenvalue weighted by Crippen LogP contribution is -2.03. The summed E-state index contributed by atoms with van der Waals surface area (Å²) in [6, 6.07) is 74.4. The van der Waals surface area contributed by atoms with Gasteiger partial charge in [0.1, 0.15) is 66.0 Å². The molecule has 0 radical (unpaired) electrons. The Morgan fingerprint density at radius 2 is 0.912 bits per heavy atom. The molecule has 0 bridgehead atoms. The van der Waals surface area contributed by atoms with Crippen LogP contribution in [0.25, 0.3) is 166 Å². The number of aromatic nitrogens is 16. The third kappa shape index (κ3) is 16.5. The zero-order valence-electron chi connectivity index (χ0n) is 74.3. The number of thiazole rings is 1. The maximum Gasteiger partial charge on any atom is 0.228 e. The number of nitrogens with zero attached hydrogens (tertiary/aromatic N) is 17. The van der Waals surface area contributed by atoms with Crippen molar-refractivity contribution in [2.24, 2.45) is 28.2 Å². The standard InChI is InChI=1S/C28H18FN5O.C27H22N4O3.C26H19FN4O2.C25H20N6O2S/c1-34-25-15-32-24-12-26(35-2)20(18-10-17-5-3-4-6-23(17)31-14-18)11-21(24)27(25)28(33-34)19-8-7-16(13-30)9-22(19)29;1-31-22-14-28-21-13-23(33-2)24(34-15-16-6-4-3-5-7-16)12-19(21)26(22)27(30-31)18-9-8-17-11-25(32)29-20(17)10-18;1-31-21-14-29-20-12-22(32-2)23(33-15-16-7-4-3-5-8-16)11-19(20)24(21)26(30-31)18-10-6-9-17(13-28)25(18)27;1-31-21-12-27-20-10-22(32-2)23(33-13-17-11-26-14-34-17)9-18(20)24(21)25(30-31)16-5-3-15(4-6-16)19-7-8-28-29-19/h3-12,14-15H,1-2H3;3-10,12-14H,11,15H2,1-2H3,(H,29,32);3-12,14H,15H2,1-2H3;3-12,14H,13H2,1-2H3,(H,28,29). The molecule has 1 aliphatic rings. The van der Waals surface area contributed by atoms with Crippen molar-refractivity contribution in [1.29, 1.82) is 10.5 Å². The number of para-hydroxylation sites is 1. The van der Waals surface area contributed by atoms with Gasteiger partial charge in [0.15, 0.2) is 34.5 Å². The highest BCUT2D eigenvalue weighted by Crippen LogP contribution is 2.46. The number of rotatable bonds is 19. The summed E-state index contributed by atoms with van der Waals surface area (Å²) in [7, 11) is 13.9. The van der Waals surface area contributed by atoms with Crippen molar-refractivity contribution in [1.82, 2.24) is 79.2 Å². The Kier molecular flexibility index (Phi) is 23.3. The number of H-pyrrole nitrogens is 1. The molecule has 22 aromatic rings. The summed E-state index contributed by atoms with van der Waals surface area (Å²) in [5, 5.41) is 55.2. The summed E-state index contributed by atoms with van der Waals surface area (Å²) >= 11 is 1.56. The number of hydrogen-bond donors (Lipinski definition) is 2. The molecule has 0 unspecified atom stereocenters. The molecule has 2 N–H and O–H groups in total. The second-order valence-electron chi connectivity index (χ2n) is 32.0. The number of fused-ring (bicyclic) bond motifs is 14. The fraction of sp³-hybridized carbons (Fsp3) is 0.113. The van der Waals surface area contributed by atoms with Gasteiger partial charge in [0.2, 0.25) is 5.91 Å². The summed E-state index contributed by atoms with van der Waals surface area (Å²) in [6.45, 7) is 1.21. The molecule has 0 saturated carbocycles. The monoisotopic (exact) mass is 1820 g/mol. The van der Waals surface area contributed by atoms with Crippen molar-refractivity contribution >= 4 is 121 Å². The smallest absolute Gasteiger partial charge is 0.228 e. The number of hydrogen-bond acceptors (Lipinski definition) is 22. The Morgan fingerprint density at radius 1 is 0.419 bits per heavy atom. The lowest BCUT2D eigenvalue weighted by Gasteiger charge is -2.13. The van der Waals surface area contributed by atoms with Crippen molar-refractivity contribution in [3.8, 4) is 120 Å². The van der Waals surface area contributed by atoms with Gasteiger partial charge in [-0.05, 0) is 101 Å². The van der Waals surface area contributed by atoms with E-state index in [0.29, 0.717) is 94.5 Å². The number of benzene rings is 11. The van der Waals surface area contributed by atoms with Crippen molar-refractivity contribution < 1.29 is 46.7 Å². The first-order valence-corrected chi connectivity index (χ1v) is 43.8. The molecule has 136 heavy (non-hydrogen) atoms. The first kappa shape index (κ1) is 86.2. The second kappa shape index (κ2) is 36.8. The molecule has 1 amide bonds. The maximum atomic E-state index is 15.1. The molecule has 23 rings (SSSR count). The number of carbonyl (C=O) groups excluding carboxylic acids is 1. The number of carbonyl (C=O) groups is 1. The molecule has 666 valence electrons. The number of methoxy groups -OCH3 is 4. The minimum absolute atomic E-state index is 0.0139. The van der Waals surface area contributed by atoms with E-state index in [1.165, 1.54) is 12.1 Å². The van der Waals surface area contributed by atoms with Gasteiger partial charge in [-0.2, -0.15) is 36.0 Å². The van der Waals surface area contributed by atoms with Crippen molar-refractivity contribution in [3.63, 3.8) is 0 Å². The molecule has 27 nitrogen and oxygen atoms in total. The number of aromatic amines is 1. The molecule has 30 heteroatoms. The molecule has 0 spiro atoms. The minimum atomic E-state index is -0.598. The van der Waals surface area contributed by atoms with E-state index in [0.717, 1.165) is 159 Å². The van der Waals surface area contributed by atoms with Crippen LogP contribution in [0.5, 0.6) is 40.2 Å². The summed E-state index contributed by atoms with van der Waals surface area (Å²) in [6.07, 6.45) is 12.9. The van der Waals surface area contributed by atoms with Gasteiger partial charge in [0.05, 0.1) is 143 Å². The van der Waals surface area contributed by atoms with Gasteiger partial charge in [-0.25, -0.2) is 8.78 Å². The predicted molar refractivity (Wildman–Crippen MR) is 520 cm³/mol. The van der Waals surface area contributed by atoms with Crippen LogP contribution in [0, 0.1) is 34.3 Å². The number of aryl methyl sites for hydroxylation is 4. The summed E-state index contributed by atoms with van der Waals surface area (Å²) < 4.78 is 78.0. The maximum absolute atomic E-state index is 15.1. The number of anilines is 1. The van der Waals surface area contributed by atoms with Crippen LogP contribution in [0.1, 0.15) is 32.7 Å². The first-order chi connectivity index (χ1) is 66.5. The predicted octanol–water partition coefficient (Wildman–Crippen LogP) is 21.5. The van der Waals surface area contributed by atoms with Crippen molar-refractivity contribution in [2.75, 3.05) is 33.8 Å². The van der Waals surface area contributed by atoms with Crippen LogP contribution in [0.3, 0.4) is 0 Å². The van der Waals surface area contributed by atoms with Gasteiger partial charge in [-0.15, -0.1) is 11.3 Å². The number of ether oxygens (including phenoxy) is 7. The molecule has 11 aromatic heterocycles. The molecule has 0 atom stereocenters. The van der Waals surface area contributed by atoms with Gasteiger partial charge in [0.25, 0.3) is 0 Å². The minimum Gasteiger partial charge on any atom is -0.496 e. The van der Waals surface area contributed by atoms with E-state index in [9.17, 15) is 10.1 Å². The highest BCUT2D eigenvalue weighted by Gasteiger charge is 2.28. The Hall–Kier alpha value is -17.9. The highest BCUT2D eigenvalue weighted by molar-refractivity contribution is 7.09. The SMILES string of the molecule is COc1cc2ncc3c(c(-c4ccc(-c5ccn[nH]5)cc4)nn3C)c2cc1OCc1cncs1.COc1cc2ncc3c(c(-c4ccc(C#N)cc4F)nn3C)c2cc1-c1cnc2ccccc2c1.COc1cc2ncc3c(c(-c4ccc5c(c4)NC(=O)C5)nn3C)c2cc1OCc1ccccc1.COc1cc2ncc3c(c(-c4cccc(C#N)c4F)nn3C)c2cc1OCc1ccccc1. The molecule has 11 aromatic carbocycles. The third-order valence-electron chi connectivity index (χ3n) is 23.8. The van der Waals surface area contributed by atoms with E-state index in [2.05, 4.69) is 85.9 Å². The van der Waals surface area contributed by atoms with Crippen LogP contribution in [0.4, 0.5) is 14.5 Å². The number of halogens is 2. The van der Waals surface area contributed by atoms with Gasteiger partial charge >= 0.3 is 0 Å². The van der Waals surface area contributed by atoms with Crippen LogP contribution >= 0.6 is 11.3 Å². The number of nitrogens with one attached hydrogen (secondary N) is 2. The highest BCUT2D eigenvalue weighted by atomic mass is 32.1. The van der Waals surface area contributed by atoms with Crippen molar-refractivity contribution in [3.05, 3.63) is 318 Å². The third-order valence-corrected chi connectivity index (χ3v) is 24.6. The van der Waals surface area contributed by atoms with Gasteiger partial charge < -0.3 is 38.5 Å². The topological polar surface area (TPSA) is 319 Å². The Bertz CT molecular complexity index is 8510. The summed E-state index contributed by atoms with van der Waals surface area (Å²) in [5.74, 6) is 3.24. The summed E-state index contributed by atoms with van der Waals surface area (Å²) in [5.41, 5.74) is 22.2. The Labute approximate surface area is 778 Å². The molecular weight excluding hydrogens is 1740 g/mol. The van der Waals surface area contributed by atoms with Gasteiger partial charge in [-0.1, -0.05) is 121 Å². The molecule has 0 saturated heterocycles. The second-order valence-corrected chi connectivity index (χ2v) is 33.0. The van der Waals surface area contributed by atoms with Crippen LogP contribution in [-0.2, 0) is 59.2 Å². The molecule has 0 aliphatic carbocycles. The number of pyridine rings is 5. The quantitative estimate of drug-likeness (QED) is 0.0759. The number of amides is 1. The lowest BCUT2D eigenvalue weighted by molar-refractivity contribution is -0.115. The van der Waals surface area contributed by atoms with Crippen LogP contribution in [0.15, 0.2) is 273 Å². The van der Waals surface area contributed by atoms with Crippen LogP contribution in [-0.4, -0.2) is 114 Å². The van der Waals surface area contributed by atoms with Gasteiger partial charge in [0, 0.05) is 159 Å². The van der Waals surface area contributed by atoms with E-state index in [1.54, 1.807) is 118 Å². The van der Waals surface area contributed by atoms with Crippen LogP contribution in [0.2, 0.25) is 0 Å². The van der Waals surface area contributed by atoms with Crippen molar-refractivity contribution in [2.45, 2.75) is 26.2 Å². The zero-order valence-corrected chi connectivity index (χ0v) is 75.2. The Morgan fingerprint density at radius 3 is 1.43 bits per heavy atom. The molecular formula is C106H79F2N19O8S. The molecule has 0 fully saturated rings. The van der Waals surface area contributed by atoms with E-state index < -0.39 is 11.6 Å². The Balaban J connectivity index is 0.000000112. The molecule has 12 heterocycles. The average Bonchev–Trinajstić information content (AvgIpc) is 1.58. The normalized spacial score (nSPS) is 11.6. The van der Waals surface area contributed by atoms with Gasteiger partial charge in [-0.3, -0.25) is 58.5 Å². The van der Waals surface area contributed by atoms with E-state index in [4.69, 9.17) is 48.6 Å². The summed E-state index contributed by atoms with van der Waals surface area (Å²) in [4.78, 5) is 40.1. The zero-order chi connectivity index (χ0) is 93.4. The van der Waals surface area contributed by atoms with E-state index >= 15 is 8.78 Å². The fourth-order valence-electron chi connectivity index (χ4n) is 17.1. The van der Waals surface area contributed by atoms with E-state index in [-0.39, 0.29) is 22.6 Å². The molecule has 1 aliphatic heterocycles. The first-order valence-electron chi connectivity index (χ1n) is 42.9. The largest absolute Gasteiger partial charge is 0.496 e. The van der Waals surface area contributed by atoms with Crippen LogP contribution < -0.4 is 38.5 Å². The fourth-order valence-corrected chi connectivity index (χ4v) is 17.6.